The minimum atomic E-state index is -0.291. The summed E-state index contributed by atoms with van der Waals surface area (Å²) in [5.41, 5.74) is 1.86. The van der Waals surface area contributed by atoms with Crippen LogP contribution in [0.5, 0.6) is 0 Å². The lowest BCUT2D eigenvalue weighted by atomic mass is 10.0. The van der Waals surface area contributed by atoms with Crippen molar-refractivity contribution in [3.63, 3.8) is 0 Å². The van der Waals surface area contributed by atoms with Gasteiger partial charge in [-0.25, -0.2) is 4.90 Å². The summed E-state index contributed by atoms with van der Waals surface area (Å²) < 4.78 is 1.72. The van der Waals surface area contributed by atoms with Crippen molar-refractivity contribution in [2.75, 3.05) is 10.7 Å². The first-order valence-electron chi connectivity index (χ1n) is 8.22. The van der Waals surface area contributed by atoms with Crippen molar-refractivity contribution in [2.24, 2.45) is 0 Å². The number of hydrogen-bond acceptors (Lipinski definition) is 4. The van der Waals surface area contributed by atoms with Crippen LogP contribution in [0.15, 0.2) is 34.2 Å². The van der Waals surface area contributed by atoms with Gasteiger partial charge in [-0.05, 0) is 17.9 Å². The molecule has 3 rings (SSSR count). The maximum atomic E-state index is 12.7. The molecule has 2 heterocycles. The fraction of sp³-hybridized carbons (Fsp3) is 0.412. The molecule has 0 saturated heterocycles. The van der Waals surface area contributed by atoms with Gasteiger partial charge in [0.2, 0.25) is 11.1 Å². The van der Waals surface area contributed by atoms with Crippen LogP contribution < -0.4 is 15.1 Å². The summed E-state index contributed by atoms with van der Waals surface area (Å²) in [6.45, 7) is 5.86. The van der Waals surface area contributed by atoms with E-state index >= 15 is 0 Å². The first-order valence-corrected chi connectivity index (χ1v) is 9.21. The molecule has 6 nitrogen and oxygen atoms in total. The minimum Gasteiger partial charge on any atom is -0.291 e. The summed E-state index contributed by atoms with van der Waals surface area (Å²) in [7, 11) is 0. The molecule has 0 fully saturated rings. The first-order chi connectivity index (χ1) is 11.6. The first kappa shape index (κ1) is 16.7. The van der Waals surface area contributed by atoms with Gasteiger partial charge in [0.25, 0.3) is 6.17 Å². The maximum absolute atomic E-state index is 12.7. The zero-order chi connectivity index (χ0) is 17.3. The molecule has 0 radical (unpaired) electrons. The van der Waals surface area contributed by atoms with Crippen LogP contribution in [0.3, 0.4) is 0 Å². The summed E-state index contributed by atoms with van der Waals surface area (Å²) in [6, 6.07) is 7.52. The number of thioether (sulfide) groups is 1. The smallest absolute Gasteiger partial charge is 0.291 e. The van der Waals surface area contributed by atoms with Crippen LogP contribution in [0.2, 0.25) is 0 Å². The number of benzene rings is 1. The van der Waals surface area contributed by atoms with Crippen LogP contribution in [-0.2, 0) is 4.79 Å². The zero-order valence-corrected chi connectivity index (χ0v) is 14.9. The number of carbonyl (C=O) groups excluding carboxylic acids is 1. The Balaban J connectivity index is 2.30. The molecule has 1 amide bonds. The van der Waals surface area contributed by atoms with Gasteiger partial charge in [0, 0.05) is 17.9 Å². The molecular formula is C17H21N4O2S+. The molecule has 1 N–H and O–H groups in total. The molecule has 1 aliphatic rings. The number of carbonyl (C=O) groups is 1. The van der Waals surface area contributed by atoms with Crippen LogP contribution >= 0.6 is 11.8 Å². The topological polar surface area (TPSA) is 69.9 Å². The molecule has 126 valence electrons. The number of para-hydroxylation sites is 1. The zero-order valence-electron chi connectivity index (χ0n) is 14.1. The minimum absolute atomic E-state index is 0.0271. The molecule has 0 bridgehead atoms. The van der Waals surface area contributed by atoms with E-state index < -0.39 is 0 Å². The highest BCUT2D eigenvalue weighted by molar-refractivity contribution is 7.99. The van der Waals surface area contributed by atoms with E-state index in [1.165, 1.54) is 11.8 Å². The molecule has 2 aromatic rings. The highest BCUT2D eigenvalue weighted by Crippen LogP contribution is 2.35. The Morgan fingerprint density at radius 2 is 2.08 bits per heavy atom. The van der Waals surface area contributed by atoms with E-state index in [9.17, 15) is 9.59 Å². The monoisotopic (exact) mass is 345 g/mol. The third-order valence-electron chi connectivity index (χ3n) is 4.08. The van der Waals surface area contributed by atoms with Crippen molar-refractivity contribution < 1.29 is 9.48 Å². The third kappa shape index (κ3) is 2.62. The predicted octanol–water partition coefficient (Wildman–Crippen LogP) is 2.50. The molecule has 1 aromatic carbocycles. The van der Waals surface area contributed by atoms with Gasteiger partial charge in [-0.2, -0.15) is 0 Å². The van der Waals surface area contributed by atoms with Gasteiger partial charge >= 0.3 is 11.3 Å². The summed E-state index contributed by atoms with van der Waals surface area (Å²) >= 11 is 1.48. The second-order valence-electron chi connectivity index (χ2n) is 5.51. The van der Waals surface area contributed by atoms with E-state index in [1.807, 2.05) is 45.0 Å². The lowest BCUT2D eigenvalue weighted by molar-refractivity contribution is -0.771. The lowest BCUT2D eigenvalue weighted by Crippen LogP contribution is -2.60. The Kier molecular flexibility index (Phi) is 4.71. The number of nitrogens with zero attached hydrogens (tertiary/aromatic N) is 3. The number of H-pyrrole nitrogens is 1. The normalized spacial score (nSPS) is 15.8. The largest absolute Gasteiger partial charge is 0.325 e. The van der Waals surface area contributed by atoms with Gasteiger partial charge in [0.05, 0.1) is 11.3 Å². The molecule has 0 aliphatic carbocycles. The molecule has 1 atom stereocenters. The number of amides is 1. The molecule has 7 heteroatoms. The molecule has 24 heavy (non-hydrogen) atoms. The van der Waals surface area contributed by atoms with Gasteiger partial charge in [0.15, 0.2) is 0 Å². The Morgan fingerprint density at radius 3 is 2.75 bits per heavy atom. The molecular weight excluding hydrogens is 324 g/mol. The van der Waals surface area contributed by atoms with Crippen LogP contribution in [0, 0.1) is 0 Å². The standard InChI is InChI=1S/C17H20N4O2S/c1-4-13-20(14(22)5-2)12-10-8-7-9-11(12)15-16(23)18-17(24-6-3)19-21(13)15/h7-10,13H,4-6H2,1-3H3/p+1/t13-/m1/s1. The Morgan fingerprint density at radius 1 is 1.33 bits per heavy atom. The van der Waals surface area contributed by atoms with E-state index in [2.05, 4.69) is 10.1 Å². The number of aromatic amines is 1. The third-order valence-corrected chi connectivity index (χ3v) is 4.83. The number of fused-ring (bicyclic) bond motifs is 3. The van der Waals surface area contributed by atoms with E-state index in [0.717, 1.165) is 17.0 Å². The van der Waals surface area contributed by atoms with Crippen LogP contribution in [-0.4, -0.2) is 21.7 Å². The van der Waals surface area contributed by atoms with E-state index in [0.29, 0.717) is 23.7 Å². The molecule has 1 aliphatic heterocycles. The van der Waals surface area contributed by atoms with Crippen molar-refractivity contribution >= 4 is 23.4 Å². The second-order valence-corrected chi connectivity index (χ2v) is 6.76. The van der Waals surface area contributed by atoms with E-state index in [1.54, 1.807) is 9.58 Å². The van der Waals surface area contributed by atoms with Gasteiger partial charge < -0.3 is 0 Å². The van der Waals surface area contributed by atoms with Gasteiger partial charge in [-0.1, -0.05) is 49.3 Å². The van der Waals surface area contributed by atoms with Crippen molar-refractivity contribution in [2.45, 2.75) is 44.9 Å². The SMILES string of the molecule is CCSc1n[n+]2c(c(=O)[nH]1)-c1ccccc1N(C(=O)CC)[C@H]2CC. The quantitative estimate of drug-likeness (QED) is 0.683. The summed E-state index contributed by atoms with van der Waals surface area (Å²) in [4.78, 5) is 29.9. The summed E-state index contributed by atoms with van der Waals surface area (Å²) in [6.07, 6.45) is 0.783. The maximum Gasteiger partial charge on any atom is 0.325 e. The number of anilines is 1. The van der Waals surface area contributed by atoms with Crippen LogP contribution in [0.4, 0.5) is 5.69 Å². The van der Waals surface area contributed by atoms with E-state index in [4.69, 9.17) is 0 Å². The number of nitrogens with one attached hydrogen (secondary N) is 1. The predicted molar refractivity (Wildman–Crippen MR) is 94.0 cm³/mol. The van der Waals surface area contributed by atoms with Gasteiger partial charge in [-0.15, -0.1) is 0 Å². The number of hydrogen-bond donors (Lipinski definition) is 1. The van der Waals surface area contributed by atoms with Crippen molar-refractivity contribution in [3.05, 3.63) is 34.6 Å². The van der Waals surface area contributed by atoms with Gasteiger partial charge in [-0.3, -0.25) is 14.6 Å². The van der Waals surface area contributed by atoms with Crippen molar-refractivity contribution in [1.82, 2.24) is 10.1 Å². The average molecular weight is 345 g/mol. The molecule has 1 aromatic heterocycles. The van der Waals surface area contributed by atoms with Crippen molar-refractivity contribution in [3.8, 4) is 11.3 Å². The van der Waals surface area contributed by atoms with Gasteiger partial charge in [0.1, 0.15) is 0 Å². The summed E-state index contributed by atoms with van der Waals surface area (Å²) in [5, 5.41) is 5.19. The molecule has 0 spiro atoms. The summed E-state index contributed by atoms with van der Waals surface area (Å²) in [5.74, 6) is 0.840. The van der Waals surface area contributed by atoms with Crippen molar-refractivity contribution in [1.29, 1.82) is 0 Å². The number of aromatic nitrogens is 3. The lowest BCUT2D eigenvalue weighted by Gasteiger charge is -2.31. The fourth-order valence-electron chi connectivity index (χ4n) is 3.08. The van der Waals surface area contributed by atoms with E-state index in [-0.39, 0.29) is 17.6 Å². The second kappa shape index (κ2) is 6.76. The van der Waals surface area contributed by atoms with Crippen LogP contribution in [0.25, 0.3) is 11.3 Å². The Labute approximate surface area is 144 Å². The molecule has 0 saturated carbocycles. The van der Waals surface area contributed by atoms with Crippen LogP contribution in [0.1, 0.15) is 39.8 Å². The molecule has 0 unspecified atom stereocenters. The highest BCUT2D eigenvalue weighted by Gasteiger charge is 2.43. The highest BCUT2D eigenvalue weighted by atomic mass is 32.2. The fourth-order valence-corrected chi connectivity index (χ4v) is 3.66. The number of rotatable bonds is 4. The Bertz CT molecular complexity index is 834. The Hall–Kier alpha value is -2.15. The average Bonchev–Trinajstić information content (AvgIpc) is 2.59.